The SMILES string of the molecule is CC1(C)CCC(C)(C)c2cc(N3c4cc5c(cc4B4c6ccccc6-c6cc(-c7ccc8oc9ccccc9c8c7)cc3c64)C(C)(C)CCC5(C)C)ccc21. The standard InChI is InChI=1S/C52H50BNO/c1-49(2)21-22-50(3,4)39-28-33(18-19-38(39)49)54-44-30-41-40(51(5,6)23-24-52(41,7)8)29-43(44)53-42-15-11-9-13-34(42)37-26-32(27-45(54)48(37)53)31-17-20-47-36(25-31)35-14-10-12-16-46(35)55-47/h9-20,25-30H,21-24H2,1-8H3. The van der Waals surface area contributed by atoms with Gasteiger partial charge in [-0.05, 0) is 151 Å². The lowest BCUT2D eigenvalue weighted by Crippen LogP contribution is -2.55. The summed E-state index contributed by atoms with van der Waals surface area (Å²) in [6.45, 7) is 19.8. The first-order valence-corrected chi connectivity index (χ1v) is 20.5. The molecule has 6 aromatic carbocycles. The molecule has 0 N–H and O–H groups in total. The summed E-state index contributed by atoms with van der Waals surface area (Å²) < 4.78 is 6.29. The van der Waals surface area contributed by atoms with E-state index >= 15 is 0 Å². The van der Waals surface area contributed by atoms with Crippen LogP contribution in [0.2, 0.25) is 0 Å². The summed E-state index contributed by atoms with van der Waals surface area (Å²) in [5.41, 5.74) is 21.8. The molecule has 0 saturated carbocycles. The molecule has 0 radical (unpaired) electrons. The molecule has 55 heavy (non-hydrogen) atoms. The first-order valence-electron chi connectivity index (χ1n) is 20.5. The second-order valence-electron chi connectivity index (χ2n) is 19.8. The van der Waals surface area contributed by atoms with E-state index < -0.39 is 0 Å². The topological polar surface area (TPSA) is 16.4 Å². The van der Waals surface area contributed by atoms with Crippen molar-refractivity contribution < 1.29 is 4.42 Å². The van der Waals surface area contributed by atoms with Crippen LogP contribution in [0, 0.1) is 0 Å². The maximum Gasteiger partial charge on any atom is 0.248 e. The number of furan rings is 1. The van der Waals surface area contributed by atoms with Crippen LogP contribution < -0.4 is 21.3 Å². The highest BCUT2D eigenvalue weighted by Crippen LogP contribution is 2.52. The predicted molar refractivity (Wildman–Crippen MR) is 235 cm³/mol. The molecule has 3 heteroatoms. The lowest BCUT2D eigenvalue weighted by molar-refractivity contribution is 0.332. The van der Waals surface area contributed by atoms with Crippen LogP contribution in [-0.2, 0) is 21.7 Å². The molecule has 0 atom stereocenters. The molecule has 272 valence electrons. The van der Waals surface area contributed by atoms with Crippen molar-refractivity contribution in [3.63, 3.8) is 0 Å². The van der Waals surface area contributed by atoms with Gasteiger partial charge < -0.3 is 9.32 Å². The van der Waals surface area contributed by atoms with Crippen LogP contribution in [-0.4, -0.2) is 6.71 Å². The maximum atomic E-state index is 6.29. The number of benzene rings is 6. The van der Waals surface area contributed by atoms with Crippen molar-refractivity contribution in [3.05, 3.63) is 131 Å². The van der Waals surface area contributed by atoms with Crippen molar-refractivity contribution in [1.82, 2.24) is 0 Å². The number of anilines is 3. The van der Waals surface area contributed by atoms with Crippen molar-refractivity contribution in [2.45, 2.75) is 103 Å². The highest BCUT2D eigenvalue weighted by molar-refractivity contribution is 7.01. The van der Waals surface area contributed by atoms with Crippen molar-refractivity contribution in [2.24, 2.45) is 0 Å². The van der Waals surface area contributed by atoms with E-state index in [9.17, 15) is 0 Å². The first-order chi connectivity index (χ1) is 26.2. The summed E-state index contributed by atoms with van der Waals surface area (Å²) >= 11 is 0. The fourth-order valence-electron chi connectivity index (χ4n) is 11.1. The maximum absolute atomic E-state index is 6.29. The normalized spacial score (nSPS) is 19.1. The van der Waals surface area contributed by atoms with E-state index in [1.807, 2.05) is 0 Å². The summed E-state index contributed by atoms with van der Waals surface area (Å²) in [6, 6.07) is 42.1. The Hall–Kier alpha value is -5.02. The molecule has 2 nitrogen and oxygen atoms in total. The molecule has 0 amide bonds. The van der Waals surface area contributed by atoms with E-state index in [0.29, 0.717) is 0 Å². The number of hydrogen-bond donors (Lipinski definition) is 0. The molecule has 11 rings (SSSR count). The Kier molecular flexibility index (Phi) is 6.57. The number of nitrogens with zero attached hydrogens (tertiary/aromatic N) is 1. The molecule has 0 bridgehead atoms. The third kappa shape index (κ3) is 4.62. The Bertz CT molecular complexity index is 2790. The van der Waals surface area contributed by atoms with Crippen molar-refractivity contribution in [3.8, 4) is 22.3 Å². The molecule has 0 spiro atoms. The van der Waals surface area contributed by atoms with Crippen LogP contribution in [0.4, 0.5) is 17.1 Å². The monoisotopic (exact) mass is 715 g/mol. The molecule has 2 aliphatic heterocycles. The molecule has 2 aliphatic carbocycles. The van der Waals surface area contributed by atoms with Gasteiger partial charge in [-0.1, -0.05) is 122 Å². The van der Waals surface area contributed by atoms with Gasteiger partial charge in [-0.3, -0.25) is 0 Å². The van der Waals surface area contributed by atoms with Crippen LogP contribution in [0.1, 0.15) is 103 Å². The predicted octanol–water partition coefficient (Wildman–Crippen LogP) is 12.2. The van der Waals surface area contributed by atoms with Gasteiger partial charge in [-0.15, -0.1) is 0 Å². The molecule has 7 aromatic rings. The number of fused-ring (bicyclic) bond motifs is 10. The fourth-order valence-corrected chi connectivity index (χ4v) is 11.1. The number of para-hydroxylation sites is 1. The number of hydrogen-bond acceptors (Lipinski definition) is 2. The molecular formula is C52H50BNO. The zero-order valence-corrected chi connectivity index (χ0v) is 33.7. The van der Waals surface area contributed by atoms with Crippen LogP contribution in [0.3, 0.4) is 0 Å². The second kappa shape index (κ2) is 10.8. The van der Waals surface area contributed by atoms with Gasteiger partial charge in [0.05, 0.1) is 0 Å². The molecule has 0 unspecified atom stereocenters. The summed E-state index contributed by atoms with van der Waals surface area (Å²) in [6.07, 6.45) is 4.79. The number of rotatable bonds is 2. The van der Waals surface area contributed by atoms with Gasteiger partial charge in [0.25, 0.3) is 0 Å². The summed E-state index contributed by atoms with van der Waals surface area (Å²) in [7, 11) is 0. The van der Waals surface area contributed by atoms with Crippen LogP contribution in [0.5, 0.6) is 0 Å². The van der Waals surface area contributed by atoms with Crippen molar-refractivity contribution in [2.75, 3.05) is 4.90 Å². The van der Waals surface area contributed by atoms with Crippen LogP contribution >= 0.6 is 0 Å². The molecule has 0 saturated heterocycles. The van der Waals surface area contributed by atoms with Gasteiger partial charge in [-0.25, -0.2) is 0 Å². The summed E-state index contributed by atoms with van der Waals surface area (Å²) in [5, 5.41) is 2.33. The van der Waals surface area contributed by atoms with Gasteiger partial charge in [0.1, 0.15) is 11.2 Å². The van der Waals surface area contributed by atoms with Gasteiger partial charge in [0.2, 0.25) is 6.71 Å². The van der Waals surface area contributed by atoms with Gasteiger partial charge in [0.15, 0.2) is 0 Å². The average molecular weight is 716 g/mol. The second-order valence-corrected chi connectivity index (χ2v) is 19.8. The minimum absolute atomic E-state index is 0.0943. The van der Waals surface area contributed by atoms with Crippen molar-refractivity contribution in [1.29, 1.82) is 0 Å². The van der Waals surface area contributed by atoms with Gasteiger partial charge in [0, 0.05) is 27.8 Å². The summed E-state index contributed by atoms with van der Waals surface area (Å²) in [5.74, 6) is 0. The summed E-state index contributed by atoms with van der Waals surface area (Å²) in [4.78, 5) is 2.67. The average Bonchev–Trinajstić information content (AvgIpc) is 3.71. The minimum Gasteiger partial charge on any atom is -0.456 e. The third-order valence-corrected chi connectivity index (χ3v) is 14.6. The Morgan fingerprint density at radius 1 is 0.473 bits per heavy atom. The van der Waals surface area contributed by atoms with Gasteiger partial charge in [-0.2, -0.15) is 0 Å². The Morgan fingerprint density at radius 2 is 1.11 bits per heavy atom. The Balaban J connectivity index is 1.23. The highest BCUT2D eigenvalue weighted by Gasteiger charge is 2.46. The minimum atomic E-state index is 0.0943. The third-order valence-electron chi connectivity index (χ3n) is 14.6. The zero-order valence-electron chi connectivity index (χ0n) is 33.7. The fraction of sp³-hybridized carbons (Fsp3) is 0.308. The van der Waals surface area contributed by atoms with E-state index in [-0.39, 0.29) is 28.4 Å². The molecule has 3 heterocycles. The largest absolute Gasteiger partial charge is 0.456 e. The Morgan fingerprint density at radius 3 is 1.87 bits per heavy atom. The zero-order chi connectivity index (χ0) is 37.8. The Labute approximate surface area is 326 Å². The van der Waals surface area contributed by atoms with Crippen LogP contribution in [0.15, 0.2) is 114 Å². The van der Waals surface area contributed by atoms with E-state index in [2.05, 4.69) is 169 Å². The van der Waals surface area contributed by atoms with Gasteiger partial charge >= 0.3 is 0 Å². The molecule has 0 fully saturated rings. The van der Waals surface area contributed by atoms with E-state index in [4.69, 9.17) is 4.42 Å². The van der Waals surface area contributed by atoms with Crippen molar-refractivity contribution >= 4 is 62.1 Å². The lowest BCUT2D eigenvalue weighted by Gasteiger charge is -2.45. The molecule has 4 aliphatic rings. The van der Waals surface area contributed by atoms with E-state index in [0.717, 1.165) is 16.6 Å². The quantitative estimate of drug-likeness (QED) is 0.166. The lowest BCUT2D eigenvalue weighted by atomic mass is 9.36. The van der Waals surface area contributed by atoms with Crippen LogP contribution in [0.25, 0.3) is 44.2 Å². The smallest absolute Gasteiger partial charge is 0.248 e. The molecular weight excluding hydrogens is 665 g/mol. The van der Waals surface area contributed by atoms with E-state index in [1.165, 1.54) is 109 Å². The first kappa shape index (κ1) is 33.3. The molecule has 1 aromatic heterocycles. The highest BCUT2D eigenvalue weighted by atomic mass is 16.3. The van der Waals surface area contributed by atoms with E-state index in [1.54, 1.807) is 0 Å².